The fraction of sp³-hybridized carbons (Fsp3) is 0.0625. The van der Waals surface area contributed by atoms with Crippen molar-refractivity contribution in [3.05, 3.63) is 64.8 Å². The van der Waals surface area contributed by atoms with Crippen molar-refractivity contribution in [1.82, 2.24) is 10.2 Å². The number of hydrogen-bond acceptors (Lipinski definition) is 4. The average Bonchev–Trinajstić information content (AvgIpc) is 2.88. The Bertz CT molecular complexity index is 778. The van der Waals surface area contributed by atoms with Crippen molar-refractivity contribution in [2.75, 3.05) is 5.32 Å². The Balaban J connectivity index is 1.84. The van der Waals surface area contributed by atoms with E-state index in [4.69, 9.17) is 0 Å². The first-order valence-corrected chi connectivity index (χ1v) is 7.56. The minimum atomic E-state index is 0.657. The molecule has 0 aliphatic heterocycles. The zero-order chi connectivity index (χ0) is 15.4. The lowest BCUT2D eigenvalue weighted by Crippen LogP contribution is -1.90. The van der Waals surface area contributed by atoms with Crippen LogP contribution in [0.15, 0.2) is 69.3 Å². The minimum Gasteiger partial charge on any atom is -0.337 e. The summed E-state index contributed by atoms with van der Waals surface area (Å²) in [4.78, 5) is 0. The fourth-order valence-electron chi connectivity index (χ4n) is 1.91. The highest BCUT2D eigenvalue weighted by Crippen LogP contribution is 2.30. The summed E-state index contributed by atoms with van der Waals surface area (Å²) >= 11 is 3.40. The molecule has 1 heterocycles. The van der Waals surface area contributed by atoms with Crippen molar-refractivity contribution in [2.24, 2.45) is 10.2 Å². The number of nitrogens with zero attached hydrogens (tertiary/aromatic N) is 3. The van der Waals surface area contributed by atoms with Crippen LogP contribution in [0.4, 0.5) is 22.9 Å². The molecule has 5 nitrogen and oxygen atoms in total. The molecule has 110 valence electrons. The van der Waals surface area contributed by atoms with Gasteiger partial charge in [0.25, 0.3) is 0 Å². The van der Waals surface area contributed by atoms with Gasteiger partial charge in [0.15, 0.2) is 11.5 Å². The number of rotatable bonds is 4. The second kappa shape index (κ2) is 6.53. The molecular formula is C16H14BrN5. The van der Waals surface area contributed by atoms with Crippen molar-refractivity contribution in [1.29, 1.82) is 0 Å². The Morgan fingerprint density at radius 2 is 1.73 bits per heavy atom. The predicted octanol–water partition coefficient (Wildman–Crippen LogP) is 5.64. The quantitative estimate of drug-likeness (QED) is 0.594. The number of para-hydroxylation sites is 1. The summed E-state index contributed by atoms with van der Waals surface area (Å²) in [5.41, 5.74) is 3.30. The van der Waals surface area contributed by atoms with Gasteiger partial charge in [-0.05, 0) is 43.3 Å². The van der Waals surface area contributed by atoms with Gasteiger partial charge in [0.2, 0.25) is 0 Å². The molecule has 0 saturated carbocycles. The maximum absolute atomic E-state index is 4.32. The van der Waals surface area contributed by atoms with Crippen LogP contribution in [0.2, 0.25) is 0 Å². The Morgan fingerprint density at radius 3 is 2.45 bits per heavy atom. The van der Waals surface area contributed by atoms with E-state index in [2.05, 4.69) is 41.7 Å². The summed E-state index contributed by atoms with van der Waals surface area (Å²) in [5.74, 6) is 0.657. The molecule has 0 bridgehead atoms. The fourth-order valence-corrected chi connectivity index (χ4v) is 2.17. The predicted molar refractivity (Wildman–Crippen MR) is 91.4 cm³/mol. The number of hydrogen-bond donors (Lipinski definition) is 2. The zero-order valence-corrected chi connectivity index (χ0v) is 13.5. The van der Waals surface area contributed by atoms with Gasteiger partial charge in [-0.2, -0.15) is 10.2 Å². The Labute approximate surface area is 136 Å². The van der Waals surface area contributed by atoms with Gasteiger partial charge >= 0.3 is 0 Å². The third-order valence-electron chi connectivity index (χ3n) is 3.04. The molecule has 22 heavy (non-hydrogen) atoms. The maximum Gasteiger partial charge on any atom is 0.180 e. The van der Waals surface area contributed by atoms with Crippen LogP contribution in [0.5, 0.6) is 0 Å². The molecule has 3 aromatic rings. The van der Waals surface area contributed by atoms with Crippen LogP contribution in [0.3, 0.4) is 0 Å². The minimum absolute atomic E-state index is 0.657. The number of halogens is 1. The van der Waals surface area contributed by atoms with Gasteiger partial charge in [-0.1, -0.05) is 34.1 Å². The molecule has 0 unspecified atom stereocenters. The summed E-state index contributed by atoms with van der Waals surface area (Å²) in [6.07, 6.45) is 0. The molecule has 0 aliphatic carbocycles. The highest BCUT2D eigenvalue weighted by atomic mass is 79.9. The smallest absolute Gasteiger partial charge is 0.180 e. The molecule has 6 heteroatoms. The first-order valence-electron chi connectivity index (χ1n) is 6.77. The molecule has 3 rings (SSSR count). The van der Waals surface area contributed by atoms with Crippen LogP contribution in [-0.2, 0) is 0 Å². The van der Waals surface area contributed by atoms with Gasteiger partial charge in [-0.15, -0.1) is 5.11 Å². The molecule has 1 aromatic heterocycles. The molecular weight excluding hydrogens is 342 g/mol. The highest BCUT2D eigenvalue weighted by molar-refractivity contribution is 9.10. The summed E-state index contributed by atoms with van der Waals surface area (Å²) in [7, 11) is 0. The van der Waals surface area contributed by atoms with E-state index >= 15 is 0 Å². The lowest BCUT2D eigenvalue weighted by atomic mass is 10.3. The van der Waals surface area contributed by atoms with Crippen LogP contribution < -0.4 is 5.32 Å². The summed E-state index contributed by atoms with van der Waals surface area (Å²) in [5, 5.41) is 19.0. The van der Waals surface area contributed by atoms with Crippen LogP contribution in [0.25, 0.3) is 0 Å². The largest absolute Gasteiger partial charge is 0.337 e. The number of aryl methyl sites for hydroxylation is 1. The molecule has 0 aliphatic rings. The first kappa shape index (κ1) is 14.5. The van der Waals surface area contributed by atoms with Crippen molar-refractivity contribution in [3.8, 4) is 0 Å². The summed E-state index contributed by atoms with van der Waals surface area (Å²) in [6.45, 7) is 1.92. The van der Waals surface area contributed by atoms with Gasteiger partial charge in [-0.25, -0.2) is 0 Å². The number of benzene rings is 2. The second-order valence-corrected chi connectivity index (χ2v) is 5.63. The van der Waals surface area contributed by atoms with E-state index in [1.165, 1.54) is 0 Å². The van der Waals surface area contributed by atoms with Crippen molar-refractivity contribution in [3.63, 3.8) is 0 Å². The third kappa shape index (κ3) is 3.40. The molecule has 0 fully saturated rings. The Kier molecular flexibility index (Phi) is 4.29. The zero-order valence-electron chi connectivity index (χ0n) is 11.9. The monoisotopic (exact) mass is 355 g/mol. The number of nitrogens with one attached hydrogen (secondary N) is 2. The van der Waals surface area contributed by atoms with Crippen molar-refractivity contribution >= 4 is 38.8 Å². The highest BCUT2D eigenvalue weighted by Gasteiger charge is 2.09. The van der Waals surface area contributed by atoms with E-state index in [0.29, 0.717) is 11.5 Å². The lowest BCUT2D eigenvalue weighted by molar-refractivity contribution is 1.05. The molecule has 2 N–H and O–H groups in total. The third-order valence-corrected chi connectivity index (χ3v) is 3.57. The van der Waals surface area contributed by atoms with E-state index in [0.717, 1.165) is 21.5 Å². The number of H-pyrrole nitrogens is 1. The maximum atomic E-state index is 4.32. The van der Waals surface area contributed by atoms with E-state index in [1.54, 1.807) is 0 Å². The van der Waals surface area contributed by atoms with Crippen LogP contribution in [0.1, 0.15) is 5.69 Å². The molecule has 0 atom stereocenters. The summed E-state index contributed by atoms with van der Waals surface area (Å²) < 4.78 is 1.01. The van der Waals surface area contributed by atoms with Gasteiger partial charge in [0, 0.05) is 10.2 Å². The molecule has 0 radical (unpaired) electrons. The van der Waals surface area contributed by atoms with E-state index in [9.17, 15) is 0 Å². The van der Waals surface area contributed by atoms with E-state index in [-0.39, 0.29) is 0 Å². The topological polar surface area (TPSA) is 65.4 Å². The Hall–Kier alpha value is -2.47. The van der Waals surface area contributed by atoms with Crippen molar-refractivity contribution in [2.45, 2.75) is 6.92 Å². The van der Waals surface area contributed by atoms with Crippen LogP contribution >= 0.6 is 15.9 Å². The molecule has 2 aromatic carbocycles. The van der Waals surface area contributed by atoms with Crippen LogP contribution in [0, 0.1) is 6.92 Å². The summed E-state index contributed by atoms with van der Waals surface area (Å²) in [6, 6.07) is 17.5. The van der Waals surface area contributed by atoms with Gasteiger partial charge < -0.3 is 5.32 Å². The Morgan fingerprint density at radius 1 is 1.00 bits per heavy atom. The number of anilines is 2. The number of aromatic amines is 1. The molecule has 0 saturated heterocycles. The van der Waals surface area contributed by atoms with E-state index in [1.807, 2.05) is 61.5 Å². The lowest BCUT2D eigenvalue weighted by Gasteiger charge is -2.03. The average molecular weight is 356 g/mol. The number of aromatic nitrogens is 2. The van der Waals surface area contributed by atoms with Crippen molar-refractivity contribution < 1.29 is 0 Å². The SMILES string of the molecule is Cc1[nH]nc(Nc2ccccc2)c1N=Nc1ccc(Br)cc1. The standard InChI is InChI=1S/C16H14BrN5/c1-11-15(21-20-14-9-7-12(17)8-10-14)16(22-19-11)18-13-5-3-2-4-6-13/h2-10H,1H3,(H2,18,19,22). The van der Waals surface area contributed by atoms with Gasteiger partial charge in [0.1, 0.15) is 0 Å². The van der Waals surface area contributed by atoms with E-state index < -0.39 is 0 Å². The molecule has 0 amide bonds. The van der Waals surface area contributed by atoms with Gasteiger partial charge in [0.05, 0.1) is 11.4 Å². The molecule has 0 spiro atoms. The normalized spacial score (nSPS) is 11.0. The second-order valence-electron chi connectivity index (χ2n) is 4.71. The first-order chi connectivity index (χ1) is 10.7. The number of azo groups is 1. The van der Waals surface area contributed by atoms with Gasteiger partial charge in [-0.3, -0.25) is 5.10 Å². The van der Waals surface area contributed by atoms with Crippen LogP contribution in [-0.4, -0.2) is 10.2 Å².